The zero-order valence-corrected chi connectivity index (χ0v) is 11.4. The molecule has 0 bridgehead atoms. The van der Waals surface area contributed by atoms with Crippen molar-refractivity contribution in [1.29, 1.82) is 0 Å². The number of hydrogen-bond donors (Lipinski definition) is 2. The maximum atomic E-state index is 13.3. The Morgan fingerprint density at radius 1 is 1.44 bits per heavy atom. The molecule has 1 atom stereocenters. The van der Waals surface area contributed by atoms with Gasteiger partial charge in [0.2, 0.25) is 0 Å². The highest BCUT2D eigenvalue weighted by molar-refractivity contribution is 7.90. The zero-order chi connectivity index (χ0) is 13.3. The van der Waals surface area contributed by atoms with Gasteiger partial charge in [0.05, 0.1) is 22.2 Å². The maximum Gasteiger partial charge on any atom is 0.147 e. The van der Waals surface area contributed by atoms with Gasteiger partial charge in [0, 0.05) is 24.9 Å². The fourth-order valence-corrected chi connectivity index (χ4v) is 2.72. The Kier molecular flexibility index (Phi) is 3.68. The number of anilines is 2. The third-order valence-corrected chi connectivity index (χ3v) is 4.06. The molecule has 0 spiro atoms. The van der Waals surface area contributed by atoms with E-state index in [1.165, 1.54) is 18.4 Å². The summed E-state index contributed by atoms with van der Waals surface area (Å²) in [5.74, 6) is -0.383. The van der Waals surface area contributed by atoms with Gasteiger partial charge in [-0.3, -0.25) is 0 Å². The first-order chi connectivity index (χ1) is 8.35. The van der Waals surface area contributed by atoms with Gasteiger partial charge >= 0.3 is 0 Å². The van der Waals surface area contributed by atoms with Gasteiger partial charge in [0.1, 0.15) is 15.7 Å². The van der Waals surface area contributed by atoms with Gasteiger partial charge in [0.25, 0.3) is 0 Å². The Bertz CT molecular complexity index is 562. The van der Waals surface area contributed by atoms with Crippen molar-refractivity contribution in [3.8, 4) is 0 Å². The van der Waals surface area contributed by atoms with Crippen molar-refractivity contribution in [1.82, 2.24) is 0 Å². The first kappa shape index (κ1) is 13.4. The minimum Gasteiger partial charge on any atom is -0.381 e. The predicted octanol–water partition coefficient (Wildman–Crippen LogP) is 2.12. The Morgan fingerprint density at radius 3 is 2.83 bits per heavy atom. The average Bonchev–Trinajstić information content (AvgIpc) is 2.27. The molecule has 0 saturated heterocycles. The molecule has 0 aliphatic carbocycles. The highest BCUT2D eigenvalue weighted by Crippen LogP contribution is 2.31. The van der Waals surface area contributed by atoms with Crippen LogP contribution in [0.25, 0.3) is 0 Å². The molecule has 0 radical (unpaired) electrons. The summed E-state index contributed by atoms with van der Waals surface area (Å²) in [4.78, 5) is 0. The van der Waals surface area contributed by atoms with Gasteiger partial charge in [-0.05, 0) is 12.5 Å². The Labute approximate surface area is 110 Å². The third-order valence-electron chi connectivity index (χ3n) is 2.80. The van der Waals surface area contributed by atoms with Gasteiger partial charge < -0.3 is 10.6 Å². The molecule has 1 aromatic rings. The summed E-state index contributed by atoms with van der Waals surface area (Å²) < 4.78 is 35.5. The zero-order valence-electron chi connectivity index (χ0n) is 9.83. The fourth-order valence-electron chi connectivity index (χ4n) is 1.85. The van der Waals surface area contributed by atoms with E-state index in [0.29, 0.717) is 18.7 Å². The molecule has 2 N–H and O–H groups in total. The minimum atomic E-state index is -2.98. The molecule has 1 heterocycles. The van der Waals surface area contributed by atoms with E-state index in [-0.39, 0.29) is 16.8 Å². The fraction of sp³-hybridized carbons (Fsp3) is 0.455. The van der Waals surface area contributed by atoms with E-state index in [2.05, 4.69) is 10.6 Å². The number of nitrogens with one attached hydrogen (secondary N) is 2. The SMILES string of the molecule is CS(=O)(=O)CCC1CNc2cc(Cl)c(F)cc2N1. The van der Waals surface area contributed by atoms with Crippen molar-refractivity contribution in [2.45, 2.75) is 12.5 Å². The quantitative estimate of drug-likeness (QED) is 0.896. The van der Waals surface area contributed by atoms with Crippen molar-refractivity contribution in [3.63, 3.8) is 0 Å². The van der Waals surface area contributed by atoms with Gasteiger partial charge in [-0.15, -0.1) is 0 Å². The lowest BCUT2D eigenvalue weighted by molar-refractivity contribution is 0.593. The van der Waals surface area contributed by atoms with Gasteiger partial charge in [-0.1, -0.05) is 11.6 Å². The lowest BCUT2D eigenvalue weighted by Gasteiger charge is -2.28. The van der Waals surface area contributed by atoms with Crippen LogP contribution in [0.3, 0.4) is 0 Å². The summed E-state index contributed by atoms with van der Waals surface area (Å²) in [7, 11) is -2.98. The topological polar surface area (TPSA) is 58.2 Å². The summed E-state index contributed by atoms with van der Waals surface area (Å²) in [5, 5.41) is 6.29. The van der Waals surface area contributed by atoms with Crippen LogP contribution in [-0.2, 0) is 9.84 Å². The maximum absolute atomic E-state index is 13.3. The Hall–Kier alpha value is -1.01. The number of rotatable bonds is 3. The number of hydrogen-bond acceptors (Lipinski definition) is 4. The monoisotopic (exact) mass is 292 g/mol. The van der Waals surface area contributed by atoms with E-state index in [1.807, 2.05) is 0 Å². The van der Waals surface area contributed by atoms with Crippen molar-refractivity contribution in [3.05, 3.63) is 23.0 Å². The molecule has 4 nitrogen and oxygen atoms in total. The first-order valence-corrected chi connectivity index (χ1v) is 7.96. The van der Waals surface area contributed by atoms with E-state index in [0.717, 1.165) is 5.69 Å². The number of sulfone groups is 1. The second-order valence-corrected chi connectivity index (χ2v) is 7.12. The van der Waals surface area contributed by atoms with Crippen LogP contribution in [0, 0.1) is 5.82 Å². The van der Waals surface area contributed by atoms with E-state index < -0.39 is 15.7 Å². The molecule has 0 fully saturated rings. The van der Waals surface area contributed by atoms with Crippen LogP contribution in [0.4, 0.5) is 15.8 Å². The standard InChI is InChI=1S/C11H14ClFN2O2S/c1-18(16,17)3-2-7-6-14-10-4-8(12)9(13)5-11(10)15-7/h4-5,7,14-15H,2-3,6H2,1H3. The normalized spacial score (nSPS) is 18.7. The predicted molar refractivity (Wildman–Crippen MR) is 71.6 cm³/mol. The van der Waals surface area contributed by atoms with Crippen LogP contribution in [0.2, 0.25) is 5.02 Å². The minimum absolute atomic E-state index is 0.0344. The molecular formula is C11H14ClFN2O2S. The van der Waals surface area contributed by atoms with E-state index in [1.54, 1.807) is 0 Å². The highest BCUT2D eigenvalue weighted by Gasteiger charge is 2.20. The van der Waals surface area contributed by atoms with Gasteiger partial charge in [0.15, 0.2) is 0 Å². The average molecular weight is 293 g/mol. The summed E-state index contributed by atoms with van der Waals surface area (Å²) in [6.07, 6.45) is 1.69. The Morgan fingerprint density at radius 2 is 2.17 bits per heavy atom. The number of halogens is 2. The van der Waals surface area contributed by atoms with Crippen molar-refractivity contribution < 1.29 is 12.8 Å². The highest BCUT2D eigenvalue weighted by atomic mass is 35.5. The van der Waals surface area contributed by atoms with Crippen LogP contribution in [0.1, 0.15) is 6.42 Å². The summed E-state index contributed by atoms with van der Waals surface area (Å²) >= 11 is 5.68. The number of fused-ring (bicyclic) bond motifs is 1. The van der Waals surface area contributed by atoms with Crippen LogP contribution in [-0.4, -0.2) is 33.0 Å². The molecule has 0 amide bonds. The number of benzene rings is 1. The lowest BCUT2D eigenvalue weighted by Crippen LogP contribution is -2.34. The molecular weight excluding hydrogens is 279 g/mol. The van der Waals surface area contributed by atoms with Gasteiger partial charge in [-0.2, -0.15) is 0 Å². The van der Waals surface area contributed by atoms with Crippen molar-refractivity contribution in [2.75, 3.05) is 29.2 Å². The summed E-state index contributed by atoms with van der Waals surface area (Å²) in [6, 6.07) is 2.80. The van der Waals surface area contributed by atoms with Crippen LogP contribution >= 0.6 is 11.6 Å². The largest absolute Gasteiger partial charge is 0.381 e. The van der Waals surface area contributed by atoms with Crippen LogP contribution in [0.5, 0.6) is 0 Å². The summed E-state index contributed by atoms with van der Waals surface area (Å²) in [5.41, 5.74) is 1.35. The second kappa shape index (κ2) is 4.93. The van der Waals surface area contributed by atoms with E-state index in [9.17, 15) is 12.8 Å². The molecule has 1 aromatic carbocycles. The van der Waals surface area contributed by atoms with Crippen molar-refractivity contribution >= 4 is 32.8 Å². The van der Waals surface area contributed by atoms with Gasteiger partial charge in [-0.25, -0.2) is 12.8 Å². The van der Waals surface area contributed by atoms with Crippen LogP contribution in [0.15, 0.2) is 12.1 Å². The molecule has 2 rings (SSSR count). The Balaban J connectivity index is 2.08. The molecule has 18 heavy (non-hydrogen) atoms. The molecule has 0 saturated carbocycles. The molecule has 1 aliphatic rings. The van der Waals surface area contributed by atoms with Crippen molar-refractivity contribution in [2.24, 2.45) is 0 Å². The second-order valence-electron chi connectivity index (χ2n) is 4.45. The van der Waals surface area contributed by atoms with E-state index >= 15 is 0 Å². The first-order valence-electron chi connectivity index (χ1n) is 5.52. The molecule has 100 valence electrons. The van der Waals surface area contributed by atoms with Crippen LogP contribution < -0.4 is 10.6 Å². The van der Waals surface area contributed by atoms with E-state index in [4.69, 9.17) is 11.6 Å². The summed E-state index contributed by atoms with van der Waals surface area (Å²) in [6.45, 7) is 0.588. The molecule has 1 unspecified atom stereocenters. The molecule has 1 aliphatic heterocycles. The molecule has 0 aromatic heterocycles. The lowest BCUT2D eigenvalue weighted by atomic mass is 10.1. The third kappa shape index (κ3) is 3.26. The molecule has 7 heteroatoms. The smallest absolute Gasteiger partial charge is 0.147 e.